The minimum Gasteiger partial charge on any atom is -0.310 e. The number of benzene rings is 2. The Kier molecular flexibility index (Phi) is 6.43. The molecule has 1 atom stereocenters. The topological polar surface area (TPSA) is 12.0 Å². The lowest BCUT2D eigenvalue weighted by atomic mass is 10.1. The third kappa shape index (κ3) is 4.93. The van der Waals surface area contributed by atoms with Crippen molar-refractivity contribution in [2.75, 3.05) is 6.54 Å². The van der Waals surface area contributed by atoms with E-state index in [0.717, 1.165) is 27.9 Å². The molecule has 0 aliphatic carbocycles. The summed E-state index contributed by atoms with van der Waals surface area (Å²) in [7, 11) is 0. The molecule has 0 bridgehead atoms. The summed E-state index contributed by atoms with van der Waals surface area (Å²) in [5.41, 5.74) is 2.38. The lowest BCUT2D eigenvalue weighted by Gasteiger charge is -2.13. The third-order valence-corrected chi connectivity index (χ3v) is 4.96. The molecule has 0 aliphatic heterocycles. The molecule has 0 spiro atoms. The number of nitrogens with one attached hydrogen (secondary N) is 1. The Morgan fingerprint density at radius 3 is 2.48 bits per heavy atom. The maximum atomic E-state index is 6.18. The van der Waals surface area contributed by atoms with Crippen molar-refractivity contribution in [1.29, 1.82) is 0 Å². The highest BCUT2D eigenvalue weighted by molar-refractivity contribution is 7.98. The van der Waals surface area contributed by atoms with Crippen molar-refractivity contribution >= 4 is 35.0 Å². The Bertz CT molecular complexity index is 584. The van der Waals surface area contributed by atoms with Crippen LogP contribution in [0.3, 0.4) is 0 Å². The minimum atomic E-state index is 0.386. The van der Waals surface area contributed by atoms with E-state index >= 15 is 0 Å². The van der Waals surface area contributed by atoms with E-state index in [1.165, 1.54) is 10.5 Å². The first-order valence-electron chi connectivity index (χ1n) is 7.00. The predicted octanol–water partition coefficient (Wildman–Crippen LogP) is 5.96. The Morgan fingerprint density at radius 1 is 1.10 bits per heavy atom. The van der Waals surface area contributed by atoms with Crippen LogP contribution in [0.1, 0.15) is 31.0 Å². The summed E-state index contributed by atoms with van der Waals surface area (Å²) in [4.78, 5) is 1.23. The van der Waals surface area contributed by atoms with Crippen LogP contribution in [0, 0.1) is 0 Å². The number of thioether (sulfide) groups is 1. The van der Waals surface area contributed by atoms with Gasteiger partial charge in [-0.1, -0.05) is 42.3 Å². The molecule has 1 nitrogen and oxygen atoms in total. The molecule has 0 aromatic heterocycles. The van der Waals surface area contributed by atoms with Crippen LogP contribution in [0.2, 0.25) is 10.0 Å². The van der Waals surface area contributed by atoms with Gasteiger partial charge >= 0.3 is 0 Å². The lowest BCUT2D eigenvalue weighted by molar-refractivity contribution is 0.598. The molecule has 0 saturated heterocycles. The molecule has 0 aliphatic rings. The molecule has 112 valence electrons. The van der Waals surface area contributed by atoms with Crippen molar-refractivity contribution in [2.24, 2.45) is 0 Å². The zero-order chi connectivity index (χ0) is 15.2. The molecule has 0 saturated carbocycles. The van der Waals surface area contributed by atoms with Gasteiger partial charge in [0.05, 0.1) is 0 Å². The Hall–Kier alpha value is -0.670. The van der Waals surface area contributed by atoms with Gasteiger partial charge < -0.3 is 5.32 Å². The fourth-order valence-electron chi connectivity index (χ4n) is 2.09. The second-order valence-corrected chi connectivity index (χ2v) is 6.77. The second kappa shape index (κ2) is 8.09. The average molecular weight is 340 g/mol. The van der Waals surface area contributed by atoms with Crippen molar-refractivity contribution in [3.05, 3.63) is 63.6 Å². The van der Waals surface area contributed by atoms with Crippen LogP contribution in [-0.4, -0.2) is 6.54 Å². The second-order valence-electron chi connectivity index (χ2n) is 4.87. The maximum Gasteiger partial charge on any atom is 0.0447 e. The molecule has 21 heavy (non-hydrogen) atoms. The zero-order valence-corrected chi connectivity index (χ0v) is 14.5. The number of hydrogen-bond donors (Lipinski definition) is 1. The highest BCUT2D eigenvalue weighted by atomic mass is 35.5. The molecule has 1 unspecified atom stereocenters. The Morgan fingerprint density at radius 2 is 1.81 bits per heavy atom. The van der Waals surface area contributed by atoms with Gasteiger partial charge in [-0.05, 0) is 54.9 Å². The molecule has 0 radical (unpaired) electrons. The first-order valence-corrected chi connectivity index (χ1v) is 8.74. The molecule has 0 amide bonds. The molecule has 2 aromatic carbocycles. The summed E-state index contributed by atoms with van der Waals surface area (Å²) in [5.74, 6) is 0.821. The number of halogens is 2. The average Bonchev–Trinajstić information content (AvgIpc) is 2.49. The van der Waals surface area contributed by atoms with E-state index in [1.54, 1.807) is 11.8 Å². The SMILES string of the molecule is CCNC(C)c1ccc(SCc2cc(Cl)ccc2Cl)cc1. The van der Waals surface area contributed by atoms with Crippen LogP contribution < -0.4 is 5.32 Å². The zero-order valence-electron chi connectivity index (χ0n) is 12.2. The summed E-state index contributed by atoms with van der Waals surface area (Å²) in [6, 6.07) is 14.6. The van der Waals surface area contributed by atoms with E-state index in [1.807, 2.05) is 18.2 Å². The molecular weight excluding hydrogens is 321 g/mol. The monoisotopic (exact) mass is 339 g/mol. The van der Waals surface area contributed by atoms with Gasteiger partial charge in [0.1, 0.15) is 0 Å². The largest absolute Gasteiger partial charge is 0.310 e. The van der Waals surface area contributed by atoms with E-state index in [9.17, 15) is 0 Å². The molecule has 1 N–H and O–H groups in total. The van der Waals surface area contributed by atoms with E-state index in [-0.39, 0.29) is 0 Å². The normalized spacial score (nSPS) is 12.4. The van der Waals surface area contributed by atoms with E-state index in [4.69, 9.17) is 23.2 Å². The van der Waals surface area contributed by atoms with Crippen LogP contribution in [0.15, 0.2) is 47.4 Å². The number of rotatable bonds is 6. The standard InChI is InChI=1S/C17H19Cl2NS/c1-3-20-12(2)13-4-7-16(8-5-13)21-11-14-10-15(18)6-9-17(14)19/h4-10,12,20H,3,11H2,1-2H3. The van der Waals surface area contributed by atoms with Crippen molar-refractivity contribution in [2.45, 2.75) is 30.5 Å². The maximum absolute atomic E-state index is 6.18. The minimum absolute atomic E-state index is 0.386. The van der Waals surface area contributed by atoms with Gasteiger partial charge in [0, 0.05) is 26.7 Å². The van der Waals surface area contributed by atoms with E-state index in [2.05, 4.69) is 43.4 Å². The summed E-state index contributed by atoms with van der Waals surface area (Å²) >= 11 is 14.0. The molecular formula is C17H19Cl2NS. The summed E-state index contributed by atoms with van der Waals surface area (Å²) in [6.45, 7) is 5.28. The third-order valence-electron chi connectivity index (χ3n) is 3.29. The van der Waals surface area contributed by atoms with Gasteiger partial charge in [0.15, 0.2) is 0 Å². The first-order chi connectivity index (χ1) is 10.1. The van der Waals surface area contributed by atoms with Crippen LogP contribution in [0.4, 0.5) is 0 Å². The lowest BCUT2D eigenvalue weighted by Crippen LogP contribution is -2.17. The van der Waals surface area contributed by atoms with Gasteiger partial charge in [0.25, 0.3) is 0 Å². The van der Waals surface area contributed by atoms with Crippen LogP contribution in [0.5, 0.6) is 0 Å². The van der Waals surface area contributed by atoms with Crippen LogP contribution >= 0.6 is 35.0 Å². The Balaban J connectivity index is 1.99. The first kappa shape index (κ1) is 16.7. The predicted molar refractivity (Wildman–Crippen MR) is 94.6 cm³/mol. The summed E-state index contributed by atoms with van der Waals surface area (Å²) in [5, 5.41) is 4.91. The summed E-state index contributed by atoms with van der Waals surface area (Å²) in [6.07, 6.45) is 0. The number of hydrogen-bond acceptors (Lipinski definition) is 2. The molecule has 0 heterocycles. The highest BCUT2D eigenvalue weighted by Gasteiger charge is 2.05. The fourth-order valence-corrected chi connectivity index (χ4v) is 3.44. The smallest absolute Gasteiger partial charge is 0.0447 e. The van der Waals surface area contributed by atoms with Gasteiger partial charge in [-0.3, -0.25) is 0 Å². The molecule has 0 fully saturated rings. The van der Waals surface area contributed by atoms with Gasteiger partial charge in [0.2, 0.25) is 0 Å². The van der Waals surface area contributed by atoms with Crippen molar-refractivity contribution in [1.82, 2.24) is 5.32 Å². The van der Waals surface area contributed by atoms with E-state index in [0.29, 0.717) is 6.04 Å². The van der Waals surface area contributed by atoms with Crippen molar-refractivity contribution < 1.29 is 0 Å². The van der Waals surface area contributed by atoms with Crippen LogP contribution in [0.25, 0.3) is 0 Å². The molecule has 4 heteroatoms. The van der Waals surface area contributed by atoms with Crippen molar-refractivity contribution in [3.63, 3.8) is 0 Å². The molecule has 2 rings (SSSR count). The van der Waals surface area contributed by atoms with Crippen molar-refractivity contribution in [3.8, 4) is 0 Å². The van der Waals surface area contributed by atoms with Gasteiger partial charge in [-0.2, -0.15) is 0 Å². The van der Waals surface area contributed by atoms with E-state index < -0.39 is 0 Å². The highest BCUT2D eigenvalue weighted by Crippen LogP contribution is 2.29. The fraction of sp³-hybridized carbons (Fsp3) is 0.294. The Labute approximate surface area is 141 Å². The van der Waals surface area contributed by atoms with Crippen LogP contribution in [-0.2, 0) is 5.75 Å². The van der Waals surface area contributed by atoms with Gasteiger partial charge in [-0.15, -0.1) is 11.8 Å². The quantitative estimate of drug-likeness (QED) is 0.652. The summed E-state index contributed by atoms with van der Waals surface area (Å²) < 4.78 is 0. The molecule has 2 aromatic rings. The van der Waals surface area contributed by atoms with Gasteiger partial charge in [-0.25, -0.2) is 0 Å².